The van der Waals surface area contributed by atoms with Gasteiger partial charge < -0.3 is 5.11 Å². The van der Waals surface area contributed by atoms with E-state index < -0.39 is 4.93 Å². The second-order valence-corrected chi connectivity index (χ2v) is 8.54. The summed E-state index contributed by atoms with van der Waals surface area (Å²) in [6.45, 7) is 2.27. The molecule has 0 aromatic carbocycles. The molecule has 3 aliphatic rings. The van der Waals surface area contributed by atoms with Crippen molar-refractivity contribution in [1.82, 2.24) is 0 Å². The van der Waals surface area contributed by atoms with Crippen molar-refractivity contribution in [3.63, 3.8) is 0 Å². The van der Waals surface area contributed by atoms with Crippen LogP contribution in [0.5, 0.6) is 0 Å². The van der Waals surface area contributed by atoms with Crippen LogP contribution in [0.1, 0.15) is 51.9 Å². The molecule has 0 radical (unpaired) electrons. The maximum Gasteiger partial charge on any atom is 0.142 e. The fourth-order valence-corrected chi connectivity index (χ4v) is 6.01. The summed E-state index contributed by atoms with van der Waals surface area (Å²) in [4.78, 5) is -0.460. The summed E-state index contributed by atoms with van der Waals surface area (Å²) in [6, 6.07) is 0. The molecule has 0 spiro atoms. The molecule has 1 nitrogen and oxygen atoms in total. The molecule has 0 bridgehead atoms. The van der Waals surface area contributed by atoms with E-state index in [4.69, 9.17) is 0 Å². The van der Waals surface area contributed by atoms with E-state index in [1.165, 1.54) is 44.9 Å². The van der Waals surface area contributed by atoms with Gasteiger partial charge in [0.2, 0.25) is 0 Å². The standard InChI is InChI=1S/C14H22OS2/c1-2-3-4-5-6-7-8-13-9-10-14(15)12(17-14)11(13)16-13/h9-12,15H,2-8H2,1H3. The Hall–Kier alpha value is 0.400. The van der Waals surface area contributed by atoms with Crippen LogP contribution in [-0.2, 0) is 0 Å². The molecule has 3 heteroatoms. The van der Waals surface area contributed by atoms with Gasteiger partial charge in [0.05, 0.1) is 5.25 Å². The highest BCUT2D eigenvalue weighted by molar-refractivity contribution is 8.14. The average molecular weight is 270 g/mol. The first kappa shape index (κ1) is 12.4. The van der Waals surface area contributed by atoms with Gasteiger partial charge in [-0.05, 0) is 12.5 Å². The topological polar surface area (TPSA) is 20.2 Å². The van der Waals surface area contributed by atoms with Crippen molar-refractivity contribution in [2.24, 2.45) is 0 Å². The molecule has 2 aliphatic heterocycles. The minimum absolute atomic E-state index is 0.436. The van der Waals surface area contributed by atoms with Crippen LogP contribution in [0.15, 0.2) is 12.2 Å². The van der Waals surface area contributed by atoms with Gasteiger partial charge in [-0.15, -0.1) is 23.5 Å². The number of hydrogen-bond acceptors (Lipinski definition) is 3. The van der Waals surface area contributed by atoms with Gasteiger partial charge in [-0.2, -0.15) is 0 Å². The van der Waals surface area contributed by atoms with Crippen LogP contribution < -0.4 is 0 Å². The minimum Gasteiger partial charge on any atom is -0.375 e. The second-order valence-electron chi connectivity index (χ2n) is 5.63. The predicted octanol–water partition coefficient (Wildman–Crippen LogP) is 3.97. The number of fused-ring (bicyclic) bond motifs is 3. The molecule has 2 fully saturated rings. The number of hydrogen-bond donors (Lipinski definition) is 1. The van der Waals surface area contributed by atoms with Crippen LogP contribution in [-0.4, -0.2) is 25.3 Å². The maximum absolute atomic E-state index is 9.99. The van der Waals surface area contributed by atoms with Crippen LogP contribution in [0, 0.1) is 0 Å². The Morgan fingerprint density at radius 3 is 2.59 bits per heavy atom. The third kappa shape index (κ3) is 2.31. The zero-order valence-electron chi connectivity index (χ0n) is 10.5. The molecule has 2 heterocycles. The molecule has 4 unspecified atom stereocenters. The van der Waals surface area contributed by atoms with Gasteiger partial charge >= 0.3 is 0 Å². The summed E-state index contributed by atoms with van der Waals surface area (Å²) < 4.78 is 0.436. The van der Waals surface area contributed by atoms with E-state index in [2.05, 4.69) is 30.8 Å². The van der Waals surface area contributed by atoms with Gasteiger partial charge in [0.15, 0.2) is 0 Å². The lowest BCUT2D eigenvalue weighted by Crippen LogP contribution is -2.26. The number of thioether (sulfide) groups is 2. The molecule has 1 aliphatic carbocycles. The lowest BCUT2D eigenvalue weighted by Gasteiger charge is -2.15. The molecule has 96 valence electrons. The SMILES string of the molecule is CCCCCCCCC12C=CC3(O)SC3C1S2. The first-order chi connectivity index (χ1) is 8.20. The molecule has 0 aromatic heterocycles. The Bertz CT molecular complexity index is 330. The van der Waals surface area contributed by atoms with E-state index in [-0.39, 0.29) is 0 Å². The van der Waals surface area contributed by atoms with E-state index >= 15 is 0 Å². The van der Waals surface area contributed by atoms with Gasteiger partial charge in [-0.25, -0.2) is 0 Å². The Kier molecular flexibility index (Phi) is 3.29. The first-order valence-electron chi connectivity index (χ1n) is 6.99. The fourth-order valence-electron chi connectivity index (χ4n) is 2.96. The molecular formula is C14H22OS2. The van der Waals surface area contributed by atoms with Crippen molar-refractivity contribution in [3.05, 3.63) is 12.2 Å². The normalized spacial score (nSPS) is 45.3. The van der Waals surface area contributed by atoms with Crippen LogP contribution in [0.25, 0.3) is 0 Å². The summed E-state index contributed by atoms with van der Waals surface area (Å²) in [5.74, 6) is 0. The molecule has 2 saturated heterocycles. The van der Waals surface area contributed by atoms with E-state index in [0.29, 0.717) is 10.00 Å². The third-order valence-corrected chi connectivity index (χ3v) is 7.53. The Morgan fingerprint density at radius 2 is 1.76 bits per heavy atom. The number of aliphatic hydroxyl groups is 1. The van der Waals surface area contributed by atoms with E-state index in [1.807, 2.05) is 0 Å². The Balaban J connectivity index is 1.38. The smallest absolute Gasteiger partial charge is 0.142 e. The van der Waals surface area contributed by atoms with Gasteiger partial charge in [0, 0.05) is 10.00 Å². The Labute approximate surface area is 113 Å². The highest BCUT2D eigenvalue weighted by Crippen LogP contribution is 2.73. The average Bonchev–Trinajstić information content (AvgIpc) is 3.17. The summed E-state index contributed by atoms with van der Waals surface area (Å²) in [6.07, 6.45) is 14.0. The fraction of sp³-hybridized carbons (Fsp3) is 0.857. The van der Waals surface area contributed by atoms with Crippen LogP contribution in [0.2, 0.25) is 0 Å². The summed E-state index contributed by atoms with van der Waals surface area (Å²) in [7, 11) is 0. The summed E-state index contributed by atoms with van der Waals surface area (Å²) in [5, 5.41) is 11.2. The monoisotopic (exact) mass is 270 g/mol. The van der Waals surface area contributed by atoms with Crippen molar-refractivity contribution in [2.75, 3.05) is 0 Å². The highest BCUT2D eigenvalue weighted by atomic mass is 32.2. The zero-order chi connectivity index (χ0) is 11.9. The molecule has 1 N–H and O–H groups in total. The quantitative estimate of drug-likeness (QED) is 0.429. The van der Waals surface area contributed by atoms with Crippen molar-refractivity contribution in [1.29, 1.82) is 0 Å². The largest absolute Gasteiger partial charge is 0.375 e. The molecule has 0 aromatic rings. The van der Waals surface area contributed by atoms with Gasteiger partial charge in [0.1, 0.15) is 4.93 Å². The van der Waals surface area contributed by atoms with E-state index in [1.54, 1.807) is 11.8 Å². The van der Waals surface area contributed by atoms with E-state index in [0.717, 1.165) is 5.25 Å². The number of rotatable bonds is 7. The van der Waals surface area contributed by atoms with Crippen LogP contribution in [0.4, 0.5) is 0 Å². The van der Waals surface area contributed by atoms with Gasteiger partial charge in [0.25, 0.3) is 0 Å². The van der Waals surface area contributed by atoms with Crippen molar-refractivity contribution < 1.29 is 5.11 Å². The third-order valence-electron chi connectivity index (χ3n) is 4.24. The highest BCUT2D eigenvalue weighted by Gasteiger charge is 2.72. The number of unbranched alkanes of at least 4 members (excludes halogenated alkanes) is 5. The van der Waals surface area contributed by atoms with Crippen LogP contribution in [0.3, 0.4) is 0 Å². The van der Waals surface area contributed by atoms with E-state index in [9.17, 15) is 5.11 Å². The maximum atomic E-state index is 9.99. The summed E-state index contributed by atoms with van der Waals surface area (Å²) >= 11 is 3.84. The molecule has 0 saturated carbocycles. The molecular weight excluding hydrogens is 248 g/mol. The Morgan fingerprint density at radius 1 is 1.00 bits per heavy atom. The minimum atomic E-state index is -0.460. The molecule has 4 atom stereocenters. The zero-order valence-corrected chi connectivity index (χ0v) is 12.2. The second kappa shape index (κ2) is 4.50. The molecule has 17 heavy (non-hydrogen) atoms. The molecule has 3 rings (SSSR count). The lowest BCUT2D eigenvalue weighted by atomic mass is 9.89. The predicted molar refractivity (Wildman–Crippen MR) is 77.6 cm³/mol. The van der Waals surface area contributed by atoms with Gasteiger partial charge in [-0.1, -0.05) is 51.5 Å². The first-order valence-corrected chi connectivity index (χ1v) is 8.74. The van der Waals surface area contributed by atoms with Crippen molar-refractivity contribution in [3.8, 4) is 0 Å². The van der Waals surface area contributed by atoms with Crippen molar-refractivity contribution in [2.45, 2.75) is 72.0 Å². The van der Waals surface area contributed by atoms with Crippen LogP contribution >= 0.6 is 23.5 Å². The van der Waals surface area contributed by atoms with Gasteiger partial charge in [-0.3, -0.25) is 0 Å². The van der Waals surface area contributed by atoms with Crippen molar-refractivity contribution >= 4 is 23.5 Å². The summed E-state index contributed by atoms with van der Waals surface area (Å²) in [5.41, 5.74) is 0. The molecule has 0 amide bonds. The lowest BCUT2D eigenvalue weighted by molar-refractivity contribution is 0.214.